The molecule has 15 heavy (non-hydrogen) atoms. The molecule has 0 saturated heterocycles. The van der Waals surface area contributed by atoms with Crippen LogP contribution in [0.5, 0.6) is 0 Å². The number of benzene rings is 1. The molecule has 0 spiro atoms. The van der Waals surface area contributed by atoms with E-state index in [2.05, 4.69) is 15.9 Å². The SMILES string of the molecule is N#CCC(O)C(O)c1ccc(Cl)cc1Br. The lowest BCUT2D eigenvalue weighted by molar-refractivity contribution is 0.0212. The third-order valence-corrected chi connectivity index (χ3v) is 2.87. The lowest BCUT2D eigenvalue weighted by Crippen LogP contribution is -2.17. The van der Waals surface area contributed by atoms with Crippen LogP contribution in [0.15, 0.2) is 22.7 Å². The Balaban J connectivity index is 2.91. The normalized spacial score (nSPS) is 14.3. The smallest absolute Gasteiger partial charge is 0.107 e. The zero-order valence-corrected chi connectivity index (χ0v) is 10.0. The largest absolute Gasteiger partial charge is 0.389 e. The van der Waals surface area contributed by atoms with Gasteiger partial charge in [-0.05, 0) is 17.7 Å². The summed E-state index contributed by atoms with van der Waals surface area (Å²) >= 11 is 8.96. The zero-order chi connectivity index (χ0) is 11.4. The first-order chi connectivity index (χ1) is 7.06. The Kier molecular flexibility index (Phi) is 4.55. The van der Waals surface area contributed by atoms with Gasteiger partial charge in [-0.1, -0.05) is 33.6 Å². The summed E-state index contributed by atoms with van der Waals surface area (Å²) in [5.74, 6) is 0. The molecule has 0 aromatic heterocycles. The predicted octanol–water partition coefficient (Wildman–Crippen LogP) is 2.41. The van der Waals surface area contributed by atoms with Crippen LogP contribution in [0.3, 0.4) is 0 Å². The van der Waals surface area contributed by atoms with Crippen molar-refractivity contribution in [3.8, 4) is 6.07 Å². The van der Waals surface area contributed by atoms with Gasteiger partial charge in [0.1, 0.15) is 6.10 Å². The molecule has 0 fully saturated rings. The Labute approximate surface area is 101 Å². The van der Waals surface area contributed by atoms with Gasteiger partial charge in [-0.2, -0.15) is 5.26 Å². The van der Waals surface area contributed by atoms with Crippen molar-refractivity contribution in [1.29, 1.82) is 5.26 Å². The highest BCUT2D eigenvalue weighted by molar-refractivity contribution is 9.10. The molecule has 3 nitrogen and oxygen atoms in total. The summed E-state index contributed by atoms with van der Waals surface area (Å²) in [5.41, 5.74) is 0.516. The number of hydrogen-bond donors (Lipinski definition) is 2. The second kappa shape index (κ2) is 5.47. The van der Waals surface area contributed by atoms with Crippen molar-refractivity contribution in [3.63, 3.8) is 0 Å². The van der Waals surface area contributed by atoms with Gasteiger partial charge in [-0.25, -0.2) is 0 Å². The third-order valence-electron chi connectivity index (χ3n) is 1.95. The molecule has 0 radical (unpaired) electrons. The molecule has 80 valence electrons. The minimum absolute atomic E-state index is 0.115. The van der Waals surface area contributed by atoms with Gasteiger partial charge >= 0.3 is 0 Å². The van der Waals surface area contributed by atoms with Crippen molar-refractivity contribution >= 4 is 27.5 Å². The average molecular weight is 291 g/mol. The molecule has 0 amide bonds. The summed E-state index contributed by atoms with van der Waals surface area (Å²) in [6.45, 7) is 0. The Hall–Kier alpha value is -0.600. The molecule has 0 saturated carbocycles. The number of nitriles is 1. The van der Waals surface area contributed by atoms with Gasteiger partial charge in [-0.15, -0.1) is 0 Å². The maximum absolute atomic E-state index is 9.72. The maximum atomic E-state index is 9.72. The van der Waals surface area contributed by atoms with E-state index >= 15 is 0 Å². The highest BCUT2D eigenvalue weighted by Gasteiger charge is 2.20. The standard InChI is InChI=1S/C10H9BrClNO2/c11-8-5-6(12)1-2-7(8)10(15)9(14)3-4-13/h1-2,5,9-10,14-15H,3H2. The fourth-order valence-electron chi connectivity index (χ4n) is 1.15. The van der Waals surface area contributed by atoms with Gasteiger partial charge in [0.05, 0.1) is 18.6 Å². The molecule has 2 N–H and O–H groups in total. The van der Waals surface area contributed by atoms with Gasteiger partial charge in [0.2, 0.25) is 0 Å². The minimum atomic E-state index is -1.09. The van der Waals surface area contributed by atoms with E-state index in [0.717, 1.165) is 0 Å². The molecule has 0 aliphatic carbocycles. The predicted molar refractivity (Wildman–Crippen MR) is 60.3 cm³/mol. The number of halogens is 2. The van der Waals surface area contributed by atoms with E-state index in [1.807, 2.05) is 0 Å². The summed E-state index contributed by atoms with van der Waals surface area (Å²) in [6.07, 6.45) is -2.29. The van der Waals surface area contributed by atoms with E-state index in [1.165, 1.54) is 0 Å². The van der Waals surface area contributed by atoms with Crippen LogP contribution in [0.1, 0.15) is 18.1 Å². The van der Waals surface area contributed by atoms with Crippen LogP contribution in [0.25, 0.3) is 0 Å². The number of nitrogens with zero attached hydrogens (tertiary/aromatic N) is 1. The molecule has 1 aromatic carbocycles. The van der Waals surface area contributed by atoms with Gasteiger partial charge in [-0.3, -0.25) is 0 Å². The van der Waals surface area contributed by atoms with Gasteiger partial charge < -0.3 is 10.2 Å². The van der Waals surface area contributed by atoms with E-state index in [9.17, 15) is 10.2 Å². The lowest BCUT2D eigenvalue weighted by atomic mass is 10.0. The highest BCUT2D eigenvalue weighted by Crippen LogP contribution is 2.29. The van der Waals surface area contributed by atoms with E-state index in [4.69, 9.17) is 16.9 Å². The van der Waals surface area contributed by atoms with E-state index < -0.39 is 12.2 Å². The molecule has 2 atom stereocenters. The first-order valence-corrected chi connectivity index (χ1v) is 5.41. The van der Waals surface area contributed by atoms with Crippen molar-refractivity contribution in [2.24, 2.45) is 0 Å². The monoisotopic (exact) mass is 289 g/mol. The molecule has 5 heteroatoms. The zero-order valence-electron chi connectivity index (χ0n) is 7.69. The summed E-state index contributed by atoms with van der Waals surface area (Å²) in [7, 11) is 0. The molecular weight excluding hydrogens is 281 g/mol. The van der Waals surface area contributed by atoms with E-state index in [0.29, 0.717) is 15.1 Å². The number of aliphatic hydroxyl groups excluding tert-OH is 2. The van der Waals surface area contributed by atoms with Crippen molar-refractivity contribution in [2.45, 2.75) is 18.6 Å². The Morgan fingerprint density at radius 3 is 2.67 bits per heavy atom. The summed E-state index contributed by atoms with van der Waals surface area (Å²) in [5, 5.41) is 28.1. The third kappa shape index (κ3) is 3.18. The molecular formula is C10H9BrClNO2. The topological polar surface area (TPSA) is 64.2 Å². The summed E-state index contributed by atoms with van der Waals surface area (Å²) in [4.78, 5) is 0. The fourth-order valence-corrected chi connectivity index (χ4v) is 2.07. The first-order valence-electron chi connectivity index (χ1n) is 4.24. The van der Waals surface area contributed by atoms with Gasteiger partial charge in [0.25, 0.3) is 0 Å². The van der Waals surface area contributed by atoms with Crippen LogP contribution in [-0.4, -0.2) is 16.3 Å². The van der Waals surface area contributed by atoms with Crippen LogP contribution in [0.2, 0.25) is 5.02 Å². The van der Waals surface area contributed by atoms with Crippen LogP contribution in [0.4, 0.5) is 0 Å². The number of aliphatic hydroxyl groups is 2. The molecule has 1 rings (SSSR count). The Bertz CT molecular complexity index is 391. The minimum Gasteiger partial charge on any atom is -0.389 e. The molecule has 0 bridgehead atoms. The van der Waals surface area contributed by atoms with Crippen molar-refractivity contribution < 1.29 is 10.2 Å². The number of rotatable bonds is 3. The first kappa shape index (κ1) is 12.5. The highest BCUT2D eigenvalue weighted by atomic mass is 79.9. The summed E-state index contributed by atoms with van der Waals surface area (Å²) < 4.78 is 0.611. The second-order valence-electron chi connectivity index (χ2n) is 3.04. The average Bonchev–Trinajstić information content (AvgIpc) is 2.17. The van der Waals surface area contributed by atoms with Crippen LogP contribution in [-0.2, 0) is 0 Å². The number of hydrogen-bond acceptors (Lipinski definition) is 3. The van der Waals surface area contributed by atoms with Crippen molar-refractivity contribution in [2.75, 3.05) is 0 Å². The molecule has 2 unspecified atom stereocenters. The van der Waals surface area contributed by atoms with Crippen LogP contribution < -0.4 is 0 Å². The Morgan fingerprint density at radius 1 is 1.47 bits per heavy atom. The molecule has 0 heterocycles. The second-order valence-corrected chi connectivity index (χ2v) is 4.33. The van der Waals surface area contributed by atoms with Crippen LogP contribution in [0, 0.1) is 11.3 Å². The van der Waals surface area contributed by atoms with E-state index in [-0.39, 0.29) is 6.42 Å². The lowest BCUT2D eigenvalue weighted by Gasteiger charge is -2.17. The van der Waals surface area contributed by atoms with Gasteiger partial charge in [0, 0.05) is 9.50 Å². The quantitative estimate of drug-likeness (QED) is 0.898. The van der Waals surface area contributed by atoms with Crippen molar-refractivity contribution in [1.82, 2.24) is 0 Å². The molecule has 1 aromatic rings. The fraction of sp³-hybridized carbons (Fsp3) is 0.300. The van der Waals surface area contributed by atoms with Gasteiger partial charge in [0.15, 0.2) is 0 Å². The van der Waals surface area contributed by atoms with Crippen LogP contribution >= 0.6 is 27.5 Å². The molecule has 0 aliphatic rings. The maximum Gasteiger partial charge on any atom is 0.107 e. The van der Waals surface area contributed by atoms with E-state index in [1.54, 1.807) is 24.3 Å². The molecule has 0 aliphatic heterocycles. The Morgan fingerprint density at radius 2 is 2.13 bits per heavy atom. The van der Waals surface area contributed by atoms with Crippen molar-refractivity contribution in [3.05, 3.63) is 33.3 Å². The summed E-state index contributed by atoms with van der Waals surface area (Å²) in [6, 6.07) is 6.65.